The molecule has 0 radical (unpaired) electrons. The molecule has 3 amide bonds. The maximum absolute atomic E-state index is 13.2. The highest BCUT2D eigenvalue weighted by molar-refractivity contribution is 7.80. The number of nitrogens with one attached hydrogen (secondary N) is 4. The maximum atomic E-state index is 13.2. The molecule has 1 saturated carbocycles. The first kappa shape index (κ1) is 40.1. The molecule has 0 spiro atoms. The van der Waals surface area contributed by atoms with E-state index < -0.39 is 29.0 Å². The Morgan fingerprint density at radius 2 is 1.73 bits per heavy atom. The predicted molar refractivity (Wildman–Crippen MR) is 206 cm³/mol. The van der Waals surface area contributed by atoms with Gasteiger partial charge in [-0.25, -0.2) is 18.2 Å². The Morgan fingerprint density at radius 3 is 2.45 bits per heavy atom. The zero-order valence-electron chi connectivity index (χ0n) is 31.0. The van der Waals surface area contributed by atoms with Crippen molar-refractivity contribution in [2.45, 2.75) is 69.5 Å². The van der Waals surface area contributed by atoms with Gasteiger partial charge in [-0.15, -0.1) is 0 Å². The number of aromatic nitrogens is 3. The summed E-state index contributed by atoms with van der Waals surface area (Å²) in [6, 6.07) is 7.53. The highest BCUT2D eigenvalue weighted by Crippen LogP contribution is 2.32. The van der Waals surface area contributed by atoms with Crippen LogP contribution in [-0.2, 0) is 30.2 Å². The van der Waals surface area contributed by atoms with Gasteiger partial charge in [0.15, 0.2) is 11.2 Å². The Morgan fingerprint density at radius 1 is 0.982 bits per heavy atom. The summed E-state index contributed by atoms with van der Waals surface area (Å²) < 4.78 is 30.9. The van der Waals surface area contributed by atoms with E-state index in [9.17, 15) is 28.2 Å². The second-order valence-corrected chi connectivity index (χ2v) is 15.0. The van der Waals surface area contributed by atoms with Crippen molar-refractivity contribution in [3.05, 3.63) is 58.0 Å². The summed E-state index contributed by atoms with van der Waals surface area (Å²) in [4.78, 5) is 72.5. The van der Waals surface area contributed by atoms with E-state index >= 15 is 0 Å². The molecule has 4 heterocycles. The summed E-state index contributed by atoms with van der Waals surface area (Å²) in [6.07, 6.45) is 8.07. The van der Waals surface area contributed by atoms with Crippen molar-refractivity contribution in [2.75, 3.05) is 70.3 Å². The van der Waals surface area contributed by atoms with Crippen molar-refractivity contribution in [3.63, 3.8) is 0 Å². The summed E-state index contributed by atoms with van der Waals surface area (Å²) >= 11 is -1.35. The van der Waals surface area contributed by atoms with E-state index in [2.05, 4.69) is 25.7 Å². The zero-order valence-corrected chi connectivity index (χ0v) is 31.8. The van der Waals surface area contributed by atoms with Crippen LogP contribution < -0.4 is 26.2 Å². The fraction of sp³-hybridized carbons (Fsp3) is 0.541. The first-order chi connectivity index (χ1) is 26.8. The number of nitrogens with zero attached hydrogens (tertiary/aromatic N) is 5. The molecule has 2 aromatic heterocycles. The molecule has 2 aliphatic heterocycles. The molecule has 4 N–H and O–H groups in total. The fourth-order valence-electron chi connectivity index (χ4n) is 7.26. The van der Waals surface area contributed by atoms with Crippen molar-refractivity contribution >= 4 is 57.8 Å². The molecular formula is C37H49N9O8S. The average molecular weight is 780 g/mol. The Bertz CT molecular complexity index is 1930. The summed E-state index contributed by atoms with van der Waals surface area (Å²) in [5.74, 6) is -0.932. The number of carbonyl (C=O) groups is 4. The molecule has 1 saturated heterocycles. The number of amides is 3. The number of imide groups is 1. The molecule has 3 aliphatic rings. The van der Waals surface area contributed by atoms with Crippen molar-refractivity contribution in [3.8, 4) is 0 Å². The molecule has 17 nitrogen and oxygen atoms in total. The highest BCUT2D eigenvalue weighted by Gasteiger charge is 2.41. The van der Waals surface area contributed by atoms with Gasteiger partial charge in [-0.05, 0) is 50.3 Å². The SMILES string of the molecule is CNC(=O)CCC(C=O)N1C(=O)c2cccc(NCCOCCOCCNS(=O)N3CCC(Nc4ncc5ccc(=O)n(C6CCCC6)c5n4)CC3)c2C1=O. The van der Waals surface area contributed by atoms with Crippen LogP contribution in [0.25, 0.3) is 11.0 Å². The van der Waals surface area contributed by atoms with Crippen LogP contribution >= 0.6 is 0 Å². The lowest BCUT2D eigenvalue weighted by molar-refractivity contribution is -0.121. The quantitative estimate of drug-likeness (QED) is 0.0736. The van der Waals surface area contributed by atoms with Crippen LogP contribution in [0.1, 0.15) is 78.1 Å². The van der Waals surface area contributed by atoms with Crippen LogP contribution in [0.4, 0.5) is 11.6 Å². The molecule has 296 valence electrons. The predicted octanol–water partition coefficient (Wildman–Crippen LogP) is 1.79. The lowest BCUT2D eigenvalue weighted by Gasteiger charge is -2.31. The number of piperidine rings is 1. The van der Waals surface area contributed by atoms with Crippen LogP contribution in [-0.4, -0.2) is 124 Å². The number of hydrogen-bond donors (Lipinski definition) is 4. The largest absolute Gasteiger partial charge is 0.382 e. The molecule has 55 heavy (non-hydrogen) atoms. The average Bonchev–Trinajstić information content (AvgIpc) is 3.82. The number of fused-ring (bicyclic) bond motifs is 2. The van der Waals surface area contributed by atoms with Crippen molar-refractivity contribution in [1.82, 2.24) is 33.8 Å². The molecule has 18 heteroatoms. The number of pyridine rings is 1. The number of aldehydes is 1. The van der Waals surface area contributed by atoms with Gasteiger partial charge >= 0.3 is 0 Å². The molecule has 6 rings (SSSR count). The van der Waals surface area contributed by atoms with E-state index in [0.29, 0.717) is 76.2 Å². The summed E-state index contributed by atoms with van der Waals surface area (Å²) in [5.41, 5.74) is 1.50. The maximum Gasteiger partial charge on any atom is 0.264 e. The number of hydrogen-bond acceptors (Lipinski definition) is 12. The van der Waals surface area contributed by atoms with E-state index in [0.717, 1.165) is 48.8 Å². The molecule has 2 fully saturated rings. The number of anilines is 2. The van der Waals surface area contributed by atoms with Gasteiger partial charge in [0, 0.05) is 75.1 Å². The smallest absolute Gasteiger partial charge is 0.264 e. The normalized spacial score (nSPS) is 17.7. The molecule has 0 bridgehead atoms. The number of carbonyl (C=O) groups excluding carboxylic acids is 4. The van der Waals surface area contributed by atoms with Gasteiger partial charge < -0.3 is 30.2 Å². The fourth-order valence-corrected chi connectivity index (χ4v) is 8.24. The molecule has 1 aromatic carbocycles. The van der Waals surface area contributed by atoms with Gasteiger partial charge in [0.2, 0.25) is 11.9 Å². The second-order valence-electron chi connectivity index (χ2n) is 13.7. The first-order valence-corrected chi connectivity index (χ1v) is 20.0. The standard InChI is InChI=1S/C37H49N9O8S/c1-38-31(48)11-10-28(24-47)46-35(50)29-7-4-8-30(33(29)36(46)51)39-15-19-53-21-22-54-20-16-41-55(52)44-17-13-26(14-18-44)42-37-40-23-25-9-12-32(49)45(34(25)43-37)27-5-2-3-6-27/h4,7-9,12,23-24,26-28,39,41H,2-3,5-6,10-11,13-22H2,1H3,(H,38,48)(H,40,42,43). The van der Waals surface area contributed by atoms with Crippen LogP contribution in [0.5, 0.6) is 0 Å². The molecule has 3 aromatic rings. The number of benzene rings is 1. The summed E-state index contributed by atoms with van der Waals surface area (Å²) in [5, 5.41) is 9.87. The third-order valence-electron chi connectivity index (χ3n) is 10.2. The Labute approximate surface area is 321 Å². The van der Waals surface area contributed by atoms with Gasteiger partial charge in [-0.1, -0.05) is 18.9 Å². The van der Waals surface area contributed by atoms with Gasteiger partial charge in [0.05, 0.1) is 43.6 Å². The number of rotatable bonds is 20. The van der Waals surface area contributed by atoms with Gasteiger partial charge in [-0.2, -0.15) is 4.98 Å². The monoisotopic (exact) mass is 779 g/mol. The zero-order chi connectivity index (χ0) is 38.7. The lowest BCUT2D eigenvalue weighted by Crippen LogP contribution is -2.44. The van der Waals surface area contributed by atoms with Gasteiger partial charge in [-0.3, -0.25) is 28.6 Å². The Hall–Kier alpha value is -4.62. The van der Waals surface area contributed by atoms with E-state index in [1.165, 1.54) is 7.05 Å². The van der Waals surface area contributed by atoms with Gasteiger partial charge in [0.1, 0.15) is 11.9 Å². The molecule has 2 atom stereocenters. The Balaban J connectivity index is 0.840. The second kappa shape index (κ2) is 19.3. The lowest BCUT2D eigenvalue weighted by atomic mass is 10.1. The van der Waals surface area contributed by atoms with Crippen molar-refractivity contribution in [1.29, 1.82) is 0 Å². The third kappa shape index (κ3) is 9.80. The minimum absolute atomic E-state index is 0.00561. The van der Waals surface area contributed by atoms with Crippen LogP contribution in [0, 0.1) is 0 Å². The topological polar surface area (TPSA) is 206 Å². The summed E-state index contributed by atoms with van der Waals surface area (Å²) in [7, 11) is 1.48. The number of ether oxygens (including phenoxy) is 2. The van der Waals surface area contributed by atoms with Crippen LogP contribution in [0.15, 0.2) is 41.3 Å². The van der Waals surface area contributed by atoms with Gasteiger partial charge in [0.25, 0.3) is 17.4 Å². The van der Waals surface area contributed by atoms with E-state index in [1.54, 1.807) is 36.5 Å². The molecular weight excluding hydrogens is 731 g/mol. The minimum Gasteiger partial charge on any atom is -0.382 e. The molecule has 1 aliphatic carbocycles. The minimum atomic E-state index is -1.35. The summed E-state index contributed by atoms with van der Waals surface area (Å²) in [6.45, 7) is 3.35. The van der Waals surface area contributed by atoms with E-state index in [-0.39, 0.29) is 47.5 Å². The third-order valence-corrected chi connectivity index (χ3v) is 11.5. The van der Waals surface area contributed by atoms with Crippen molar-refractivity contribution < 1.29 is 32.9 Å². The van der Waals surface area contributed by atoms with E-state index in [1.807, 2.05) is 8.87 Å². The highest BCUT2D eigenvalue weighted by atomic mass is 32.2. The first-order valence-electron chi connectivity index (χ1n) is 18.9. The Kier molecular flexibility index (Phi) is 14.1. The van der Waals surface area contributed by atoms with E-state index in [4.69, 9.17) is 14.5 Å². The van der Waals surface area contributed by atoms with Crippen molar-refractivity contribution in [2.24, 2.45) is 0 Å². The molecule has 2 unspecified atom stereocenters. The van der Waals surface area contributed by atoms with Crippen LogP contribution in [0.2, 0.25) is 0 Å². The van der Waals surface area contributed by atoms with Crippen LogP contribution in [0.3, 0.4) is 0 Å².